The second-order valence-electron chi connectivity index (χ2n) is 3.16. The minimum atomic E-state index is -1.17. The van der Waals surface area contributed by atoms with Crippen molar-refractivity contribution in [1.29, 1.82) is 0 Å². The molecule has 0 bridgehead atoms. The summed E-state index contributed by atoms with van der Waals surface area (Å²) in [6.45, 7) is 5.06. The fraction of sp³-hybridized carbons (Fsp3) is 0.714. The molecular formula is C7H14MgO4. The van der Waals surface area contributed by atoms with E-state index in [1.54, 1.807) is 20.8 Å². The van der Waals surface area contributed by atoms with Crippen LogP contribution in [0.4, 0.5) is 0 Å². The van der Waals surface area contributed by atoms with Crippen molar-refractivity contribution >= 4 is 35.0 Å². The van der Waals surface area contributed by atoms with Gasteiger partial charge in [0.15, 0.2) is 0 Å². The van der Waals surface area contributed by atoms with Crippen LogP contribution in [0.1, 0.15) is 27.2 Å². The normalized spacial score (nSPS) is 9.92. The van der Waals surface area contributed by atoms with E-state index in [-0.39, 0.29) is 23.1 Å². The highest BCUT2D eigenvalue weighted by Crippen LogP contribution is 2.07. The number of rotatable bonds is 2. The van der Waals surface area contributed by atoms with E-state index in [2.05, 4.69) is 0 Å². The molecule has 12 heavy (non-hydrogen) atoms. The Hall–Kier alpha value is -0.294. The summed E-state index contributed by atoms with van der Waals surface area (Å²) in [6.07, 6.45) is -0.572. The maximum atomic E-state index is 10.7. The Balaban J connectivity index is 0. The number of carboxylic acids is 1. The summed E-state index contributed by atoms with van der Waals surface area (Å²) < 4.78 is 4.73. The highest BCUT2D eigenvalue weighted by atomic mass is 24.3. The van der Waals surface area contributed by atoms with Gasteiger partial charge < -0.3 is 9.84 Å². The first-order chi connectivity index (χ1) is 4.81. The number of carbonyl (C=O) groups is 2. The molecule has 0 aromatic carbocycles. The van der Waals surface area contributed by atoms with Crippen LogP contribution in [0.3, 0.4) is 0 Å². The zero-order valence-corrected chi connectivity index (χ0v) is 6.88. The fourth-order valence-electron chi connectivity index (χ4n) is 0.501. The van der Waals surface area contributed by atoms with Gasteiger partial charge in [-0.05, 0) is 20.8 Å². The van der Waals surface area contributed by atoms with Crippen molar-refractivity contribution in [3.05, 3.63) is 0 Å². The van der Waals surface area contributed by atoms with Gasteiger partial charge in [-0.25, -0.2) is 0 Å². The first-order valence-corrected chi connectivity index (χ1v) is 3.25. The minimum absolute atomic E-state index is 0. The summed E-state index contributed by atoms with van der Waals surface area (Å²) in [6, 6.07) is 0. The third kappa shape index (κ3) is 9.71. The molecule has 5 heteroatoms. The number of hydrogen-bond donors (Lipinski definition) is 1. The van der Waals surface area contributed by atoms with E-state index in [9.17, 15) is 9.59 Å². The number of carboxylic acid groups (broad SMARTS) is 1. The van der Waals surface area contributed by atoms with Gasteiger partial charge in [-0.15, -0.1) is 0 Å². The predicted molar refractivity (Wildman–Crippen MR) is 46.6 cm³/mol. The quantitative estimate of drug-likeness (QED) is 0.371. The number of ether oxygens (including phenoxy) is 1. The Labute approximate surface area is 87.4 Å². The van der Waals surface area contributed by atoms with E-state index in [1.165, 1.54) is 0 Å². The van der Waals surface area contributed by atoms with E-state index in [4.69, 9.17) is 9.84 Å². The van der Waals surface area contributed by atoms with Gasteiger partial charge in [0.05, 0.1) is 0 Å². The van der Waals surface area contributed by atoms with Crippen LogP contribution in [0, 0.1) is 0 Å². The van der Waals surface area contributed by atoms with Gasteiger partial charge >= 0.3 is 35.0 Å². The van der Waals surface area contributed by atoms with Crippen LogP contribution >= 0.6 is 0 Å². The maximum absolute atomic E-state index is 10.7. The van der Waals surface area contributed by atoms with E-state index < -0.39 is 24.0 Å². The first-order valence-electron chi connectivity index (χ1n) is 3.25. The van der Waals surface area contributed by atoms with Gasteiger partial charge in [0.2, 0.25) is 0 Å². The van der Waals surface area contributed by atoms with Crippen LogP contribution < -0.4 is 0 Å². The largest absolute Gasteiger partial charge is 0.481 e. The van der Waals surface area contributed by atoms with Gasteiger partial charge in [-0.2, -0.15) is 0 Å². The van der Waals surface area contributed by atoms with Crippen molar-refractivity contribution in [1.82, 2.24) is 0 Å². The molecule has 0 aliphatic rings. The highest BCUT2D eigenvalue weighted by Gasteiger charge is 2.17. The lowest BCUT2D eigenvalue weighted by molar-refractivity contribution is -0.159. The molecule has 0 atom stereocenters. The standard InChI is InChI=1S/C7H12O4.Mg.2H/c1-7(2,3)11-6(10)4-5(8)9;;;/h4H2,1-3H3,(H,8,9);;;. The maximum Gasteiger partial charge on any atom is 0.317 e. The molecule has 0 saturated heterocycles. The van der Waals surface area contributed by atoms with Gasteiger partial charge in [0.1, 0.15) is 12.0 Å². The number of aliphatic carboxylic acids is 1. The molecule has 0 amide bonds. The summed E-state index contributed by atoms with van der Waals surface area (Å²) in [5.41, 5.74) is -0.605. The highest BCUT2D eigenvalue weighted by molar-refractivity contribution is 5.90. The lowest BCUT2D eigenvalue weighted by Crippen LogP contribution is -2.25. The molecular weight excluding hydrogens is 172 g/mol. The molecule has 0 rings (SSSR count). The summed E-state index contributed by atoms with van der Waals surface area (Å²) in [5, 5.41) is 8.18. The van der Waals surface area contributed by atoms with E-state index in [0.29, 0.717) is 0 Å². The van der Waals surface area contributed by atoms with Crippen LogP contribution in [0.2, 0.25) is 0 Å². The average Bonchev–Trinajstić information content (AvgIpc) is 1.53. The molecule has 4 nitrogen and oxygen atoms in total. The SMILES string of the molecule is CC(C)(C)OC(=O)CC(=O)O.[MgH2]. The monoisotopic (exact) mass is 186 g/mol. The summed E-state index contributed by atoms with van der Waals surface area (Å²) in [7, 11) is 0. The summed E-state index contributed by atoms with van der Waals surface area (Å²) in [5.74, 6) is -1.87. The number of hydrogen-bond acceptors (Lipinski definition) is 3. The third-order valence-electron chi connectivity index (χ3n) is 0.716. The molecule has 0 aliphatic heterocycles. The number of carbonyl (C=O) groups excluding carboxylic acids is 1. The second kappa shape index (κ2) is 5.37. The average molecular weight is 186 g/mol. The van der Waals surface area contributed by atoms with Crippen LogP contribution in [-0.2, 0) is 14.3 Å². The van der Waals surface area contributed by atoms with Crippen molar-refractivity contribution in [3.8, 4) is 0 Å². The van der Waals surface area contributed by atoms with Crippen molar-refractivity contribution in [2.24, 2.45) is 0 Å². The molecule has 0 unspecified atom stereocenters. The van der Waals surface area contributed by atoms with Gasteiger partial charge in [-0.3, -0.25) is 9.59 Å². The van der Waals surface area contributed by atoms with Crippen LogP contribution in [0.5, 0.6) is 0 Å². The van der Waals surface area contributed by atoms with Gasteiger partial charge in [0, 0.05) is 0 Å². The predicted octanol–water partition coefficient (Wildman–Crippen LogP) is -0.113. The van der Waals surface area contributed by atoms with E-state index in [1.807, 2.05) is 0 Å². The Morgan fingerprint density at radius 3 is 2.00 bits per heavy atom. The molecule has 0 aliphatic carbocycles. The Morgan fingerprint density at radius 2 is 1.75 bits per heavy atom. The van der Waals surface area contributed by atoms with Crippen LogP contribution in [-0.4, -0.2) is 45.7 Å². The Kier molecular flexibility index (Phi) is 6.37. The Morgan fingerprint density at radius 1 is 1.33 bits per heavy atom. The van der Waals surface area contributed by atoms with Gasteiger partial charge in [0.25, 0.3) is 0 Å². The third-order valence-corrected chi connectivity index (χ3v) is 0.716. The molecule has 1 N–H and O–H groups in total. The molecule has 0 aromatic rings. The minimum Gasteiger partial charge on any atom is -0.481 e. The molecule has 0 fully saturated rings. The van der Waals surface area contributed by atoms with Crippen molar-refractivity contribution < 1.29 is 19.4 Å². The van der Waals surface area contributed by atoms with Crippen molar-refractivity contribution in [2.75, 3.05) is 0 Å². The molecule has 0 spiro atoms. The zero-order chi connectivity index (χ0) is 9.07. The van der Waals surface area contributed by atoms with Gasteiger partial charge in [-0.1, -0.05) is 0 Å². The smallest absolute Gasteiger partial charge is 0.317 e. The lowest BCUT2D eigenvalue weighted by Gasteiger charge is -2.18. The zero-order valence-electron chi connectivity index (χ0n) is 6.88. The Bertz CT molecular complexity index is 171. The summed E-state index contributed by atoms with van der Waals surface area (Å²) in [4.78, 5) is 20.7. The van der Waals surface area contributed by atoms with Crippen LogP contribution in [0.15, 0.2) is 0 Å². The van der Waals surface area contributed by atoms with E-state index >= 15 is 0 Å². The number of esters is 1. The molecule has 68 valence electrons. The second-order valence-corrected chi connectivity index (χ2v) is 3.16. The fourth-order valence-corrected chi connectivity index (χ4v) is 0.501. The molecule has 0 radical (unpaired) electrons. The molecule has 0 aromatic heterocycles. The van der Waals surface area contributed by atoms with E-state index in [0.717, 1.165) is 0 Å². The topological polar surface area (TPSA) is 63.6 Å². The van der Waals surface area contributed by atoms with Crippen molar-refractivity contribution in [3.63, 3.8) is 0 Å². The molecule has 0 saturated carbocycles. The van der Waals surface area contributed by atoms with Crippen molar-refractivity contribution in [2.45, 2.75) is 32.8 Å². The lowest BCUT2D eigenvalue weighted by atomic mass is 10.2. The first kappa shape index (κ1) is 14.2. The summed E-state index contributed by atoms with van der Waals surface area (Å²) >= 11 is 0. The van der Waals surface area contributed by atoms with Crippen LogP contribution in [0.25, 0.3) is 0 Å². The molecule has 0 heterocycles.